The molecule has 27 heavy (non-hydrogen) atoms. The number of alkyl halides is 3. The predicted octanol–water partition coefficient (Wildman–Crippen LogP) is 5.08. The van der Waals surface area contributed by atoms with Gasteiger partial charge >= 0.3 is 6.18 Å². The van der Waals surface area contributed by atoms with Gasteiger partial charge in [0.1, 0.15) is 5.03 Å². The number of para-hydroxylation sites is 3. The lowest BCUT2D eigenvalue weighted by molar-refractivity contribution is -0.137. The van der Waals surface area contributed by atoms with Crippen LogP contribution in [0.2, 0.25) is 0 Å². The largest absolute Gasteiger partial charge is 0.418 e. The normalized spacial score (nSPS) is 12.8. The van der Waals surface area contributed by atoms with Crippen molar-refractivity contribution in [2.24, 2.45) is 0 Å². The van der Waals surface area contributed by atoms with Crippen LogP contribution in [-0.2, 0) is 11.0 Å². The highest BCUT2D eigenvalue weighted by Gasteiger charge is 2.34. The standard InChI is InChI=1S/C19H16F3N3OS/c1-11-18(25-16-10-6-5-9-15(16)23-11)27-12(2)17(26)24-14-8-4-3-7-13(14)19(20,21)22/h3-10,12H,1-2H3,(H,24,26). The number of carbonyl (C=O) groups is 1. The fourth-order valence-corrected chi connectivity index (χ4v) is 3.35. The Kier molecular flexibility index (Phi) is 5.36. The van der Waals surface area contributed by atoms with Crippen LogP contribution in [0.15, 0.2) is 53.6 Å². The van der Waals surface area contributed by atoms with Crippen molar-refractivity contribution in [1.29, 1.82) is 0 Å². The molecule has 2 aromatic carbocycles. The summed E-state index contributed by atoms with van der Waals surface area (Å²) < 4.78 is 39.2. The number of rotatable bonds is 4. The number of aromatic nitrogens is 2. The summed E-state index contributed by atoms with van der Waals surface area (Å²) in [6.07, 6.45) is -4.54. The summed E-state index contributed by atoms with van der Waals surface area (Å²) >= 11 is 1.16. The zero-order valence-corrected chi connectivity index (χ0v) is 15.4. The Morgan fingerprint density at radius 2 is 1.63 bits per heavy atom. The first-order valence-electron chi connectivity index (χ1n) is 8.13. The van der Waals surface area contributed by atoms with Gasteiger partial charge < -0.3 is 5.32 Å². The van der Waals surface area contributed by atoms with Crippen molar-refractivity contribution in [3.63, 3.8) is 0 Å². The van der Waals surface area contributed by atoms with Gasteiger partial charge in [0.15, 0.2) is 0 Å². The average Bonchev–Trinajstić information content (AvgIpc) is 2.61. The molecule has 140 valence electrons. The molecule has 0 aliphatic carbocycles. The molecule has 1 unspecified atom stereocenters. The van der Waals surface area contributed by atoms with E-state index < -0.39 is 22.9 Å². The van der Waals surface area contributed by atoms with Crippen molar-refractivity contribution >= 4 is 34.4 Å². The summed E-state index contributed by atoms with van der Waals surface area (Å²) in [7, 11) is 0. The van der Waals surface area contributed by atoms with Crippen LogP contribution in [0.1, 0.15) is 18.2 Å². The molecule has 0 bridgehead atoms. The molecule has 3 aromatic rings. The van der Waals surface area contributed by atoms with Crippen LogP contribution in [0.4, 0.5) is 18.9 Å². The molecule has 4 nitrogen and oxygen atoms in total. The molecule has 0 radical (unpaired) electrons. The van der Waals surface area contributed by atoms with E-state index >= 15 is 0 Å². The lowest BCUT2D eigenvalue weighted by Gasteiger charge is -2.16. The molecule has 0 fully saturated rings. The number of fused-ring (bicyclic) bond motifs is 1. The maximum absolute atomic E-state index is 13.1. The van der Waals surface area contributed by atoms with Gasteiger partial charge in [-0.15, -0.1) is 0 Å². The predicted molar refractivity (Wildman–Crippen MR) is 99.7 cm³/mol. The number of aryl methyl sites for hydroxylation is 1. The molecule has 1 N–H and O–H groups in total. The number of nitrogens with zero attached hydrogens (tertiary/aromatic N) is 2. The maximum atomic E-state index is 13.1. The van der Waals surface area contributed by atoms with Crippen LogP contribution in [0.5, 0.6) is 0 Å². The van der Waals surface area contributed by atoms with Crippen LogP contribution in [0.25, 0.3) is 11.0 Å². The van der Waals surface area contributed by atoms with Gasteiger partial charge in [-0.3, -0.25) is 4.79 Å². The van der Waals surface area contributed by atoms with Crippen LogP contribution in [0.3, 0.4) is 0 Å². The van der Waals surface area contributed by atoms with E-state index in [4.69, 9.17) is 0 Å². The Morgan fingerprint density at radius 3 is 2.30 bits per heavy atom. The van der Waals surface area contributed by atoms with Crippen LogP contribution in [-0.4, -0.2) is 21.1 Å². The van der Waals surface area contributed by atoms with Gasteiger partial charge in [0.05, 0.1) is 33.2 Å². The van der Waals surface area contributed by atoms with E-state index in [1.807, 2.05) is 24.3 Å². The molecule has 0 spiro atoms. The van der Waals surface area contributed by atoms with E-state index in [2.05, 4.69) is 15.3 Å². The number of halogens is 3. The summed E-state index contributed by atoms with van der Waals surface area (Å²) in [4.78, 5) is 21.4. The minimum atomic E-state index is -4.54. The van der Waals surface area contributed by atoms with E-state index in [1.165, 1.54) is 18.2 Å². The topological polar surface area (TPSA) is 54.9 Å². The van der Waals surface area contributed by atoms with E-state index in [9.17, 15) is 18.0 Å². The fraction of sp³-hybridized carbons (Fsp3) is 0.211. The second-order valence-electron chi connectivity index (χ2n) is 5.90. The molecule has 1 heterocycles. The quantitative estimate of drug-likeness (QED) is 0.631. The SMILES string of the molecule is Cc1nc2ccccc2nc1SC(C)C(=O)Nc1ccccc1C(F)(F)F. The Labute approximate surface area is 158 Å². The zero-order valence-electron chi connectivity index (χ0n) is 14.5. The third-order valence-electron chi connectivity index (χ3n) is 3.85. The first-order chi connectivity index (χ1) is 12.8. The van der Waals surface area contributed by atoms with E-state index in [1.54, 1.807) is 13.8 Å². The number of hydrogen-bond donors (Lipinski definition) is 1. The van der Waals surface area contributed by atoms with Crippen molar-refractivity contribution in [2.45, 2.75) is 30.3 Å². The Morgan fingerprint density at radius 1 is 1.04 bits per heavy atom. The molecule has 0 saturated heterocycles. The van der Waals surface area contributed by atoms with Crippen molar-refractivity contribution in [3.8, 4) is 0 Å². The number of nitrogens with one attached hydrogen (secondary N) is 1. The highest BCUT2D eigenvalue weighted by molar-refractivity contribution is 8.00. The highest BCUT2D eigenvalue weighted by Crippen LogP contribution is 2.35. The van der Waals surface area contributed by atoms with Gasteiger partial charge in [-0.05, 0) is 38.1 Å². The van der Waals surface area contributed by atoms with E-state index in [0.717, 1.165) is 23.3 Å². The van der Waals surface area contributed by atoms with E-state index in [0.29, 0.717) is 16.2 Å². The third kappa shape index (κ3) is 4.39. The summed E-state index contributed by atoms with van der Waals surface area (Å²) in [6.45, 7) is 3.40. The Balaban J connectivity index is 1.78. The van der Waals surface area contributed by atoms with Crippen molar-refractivity contribution in [2.75, 3.05) is 5.32 Å². The number of carbonyl (C=O) groups excluding carboxylic acids is 1. The zero-order chi connectivity index (χ0) is 19.6. The van der Waals surface area contributed by atoms with Crippen molar-refractivity contribution < 1.29 is 18.0 Å². The number of hydrogen-bond acceptors (Lipinski definition) is 4. The third-order valence-corrected chi connectivity index (χ3v) is 5.03. The molecule has 0 aliphatic rings. The lowest BCUT2D eigenvalue weighted by Crippen LogP contribution is -2.24. The van der Waals surface area contributed by atoms with Crippen LogP contribution >= 0.6 is 11.8 Å². The summed E-state index contributed by atoms with van der Waals surface area (Å²) in [5.41, 5.74) is 0.964. The Bertz CT molecular complexity index is 991. The van der Waals surface area contributed by atoms with Crippen LogP contribution in [0, 0.1) is 6.92 Å². The number of thioether (sulfide) groups is 1. The number of benzene rings is 2. The summed E-state index contributed by atoms with van der Waals surface area (Å²) in [5.74, 6) is -0.536. The van der Waals surface area contributed by atoms with Crippen LogP contribution < -0.4 is 5.32 Å². The molecule has 8 heteroatoms. The lowest BCUT2D eigenvalue weighted by atomic mass is 10.1. The summed E-state index contributed by atoms with van der Waals surface area (Å²) in [5, 5.41) is 2.28. The monoisotopic (exact) mass is 391 g/mol. The van der Waals surface area contributed by atoms with E-state index in [-0.39, 0.29) is 5.69 Å². The minimum absolute atomic E-state index is 0.260. The first kappa shape index (κ1) is 19.2. The molecule has 1 amide bonds. The molecular formula is C19H16F3N3OS. The van der Waals surface area contributed by atoms with Gasteiger partial charge in [0.2, 0.25) is 5.91 Å². The van der Waals surface area contributed by atoms with Gasteiger partial charge in [-0.1, -0.05) is 36.0 Å². The molecular weight excluding hydrogens is 375 g/mol. The van der Waals surface area contributed by atoms with Gasteiger partial charge in [0, 0.05) is 0 Å². The number of amides is 1. The Hall–Kier alpha value is -2.61. The minimum Gasteiger partial charge on any atom is -0.325 e. The second-order valence-corrected chi connectivity index (χ2v) is 7.23. The average molecular weight is 391 g/mol. The van der Waals surface area contributed by atoms with Gasteiger partial charge in [-0.2, -0.15) is 13.2 Å². The highest BCUT2D eigenvalue weighted by atomic mass is 32.2. The molecule has 1 aromatic heterocycles. The van der Waals surface area contributed by atoms with Crippen molar-refractivity contribution in [3.05, 3.63) is 59.8 Å². The fourth-order valence-electron chi connectivity index (χ4n) is 2.48. The van der Waals surface area contributed by atoms with Gasteiger partial charge in [0.25, 0.3) is 0 Å². The van der Waals surface area contributed by atoms with Gasteiger partial charge in [-0.25, -0.2) is 9.97 Å². The number of anilines is 1. The smallest absolute Gasteiger partial charge is 0.325 e. The maximum Gasteiger partial charge on any atom is 0.418 e. The molecule has 0 aliphatic heterocycles. The molecule has 3 rings (SSSR count). The van der Waals surface area contributed by atoms with Crippen molar-refractivity contribution in [1.82, 2.24) is 9.97 Å². The molecule has 0 saturated carbocycles. The molecule has 1 atom stereocenters. The summed E-state index contributed by atoms with van der Waals surface area (Å²) in [6, 6.07) is 12.3. The second kappa shape index (κ2) is 7.56. The first-order valence-corrected chi connectivity index (χ1v) is 9.01.